The number of anilines is 1. The van der Waals surface area contributed by atoms with Crippen LogP contribution in [0.15, 0.2) is 42.7 Å². The van der Waals surface area contributed by atoms with Gasteiger partial charge in [0.05, 0.1) is 18.0 Å². The highest BCUT2D eigenvalue weighted by atomic mass is 16.2. The lowest BCUT2D eigenvalue weighted by molar-refractivity contribution is -0.134. The Bertz CT molecular complexity index is 1140. The van der Waals surface area contributed by atoms with Crippen molar-refractivity contribution in [2.75, 3.05) is 58.2 Å². The first-order valence-electron chi connectivity index (χ1n) is 11.4. The minimum absolute atomic E-state index is 0.00199. The molecule has 2 aliphatic heterocycles. The molecule has 0 bridgehead atoms. The van der Waals surface area contributed by atoms with Crippen molar-refractivity contribution >= 4 is 28.4 Å². The summed E-state index contributed by atoms with van der Waals surface area (Å²) in [5, 5.41) is 11.5. The highest BCUT2D eigenvalue weighted by Gasteiger charge is 2.31. The van der Waals surface area contributed by atoms with Gasteiger partial charge in [-0.2, -0.15) is 5.10 Å². The topological polar surface area (TPSA) is 97.5 Å². The molecule has 9 nitrogen and oxygen atoms in total. The van der Waals surface area contributed by atoms with Gasteiger partial charge < -0.3 is 15.1 Å². The van der Waals surface area contributed by atoms with Gasteiger partial charge in [0.1, 0.15) is 5.69 Å². The summed E-state index contributed by atoms with van der Waals surface area (Å²) in [5.41, 5.74) is 3.46. The number of hydrogen-bond donors (Lipinski definition) is 2. The molecule has 1 atom stereocenters. The van der Waals surface area contributed by atoms with Crippen LogP contribution in [-0.2, 0) is 9.59 Å². The van der Waals surface area contributed by atoms with Crippen molar-refractivity contribution < 1.29 is 9.59 Å². The lowest BCUT2D eigenvalue weighted by Crippen LogP contribution is -2.49. The van der Waals surface area contributed by atoms with Crippen molar-refractivity contribution in [2.24, 2.45) is 5.92 Å². The van der Waals surface area contributed by atoms with E-state index in [-0.39, 0.29) is 17.7 Å². The number of aromatic amines is 1. The number of hydrogen-bond acceptors (Lipinski definition) is 6. The molecule has 0 unspecified atom stereocenters. The van der Waals surface area contributed by atoms with Gasteiger partial charge in [-0.05, 0) is 50.3 Å². The zero-order chi connectivity index (χ0) is 22.8. The number of H-pyrrole nitrogens is 1. The Morgan fingerprint density at radius 2 is 1.88 bits per heavy atom. The number of likely N-dealkylation sites (tertiary alicyclic amines) is 1. The van der Waals surface area contributed by atoms with E-state index in [4.69, 9.17) is 0 Å². The predicted molar refractivity (Wildman–Crippen MR) is 127 cm³/mol. The molecule has 1 aromatic carbocycles. The molecule has 9 heteroatoms. The van der Waals surface area contributed by atoms with Crippen LogP contribution in [0.4, 0.5) is 5.69 Å². The molecule has 33 heavy (non-hydrogen) atoms. The fourth-order valence-electron chi connectivity index (χ4n) is 4.60. The molecule has 2 aromatic heterocycles. The van der Waals surface area contributed by atoms with E-state index in [9.17, 15) is 9.59 Å². The quantitative estimate of drug-likeness (QED) is 0.618. The number of carbonyl (C=O) groups excluding carboxylic acids is 2. The Kier molecular flexibility index (Phi) is 6.06. The van der Waals surface area contributed by atoms with Crippen molar-refractivity contribution in [3.8, 4) is 11.3 Å². The average molecular weight is 448 g/mol. The molecule has 2 saturated heterocycles. The summed E-state index contributed by atoms with van der Waals surface area (Å²) in [6, 6.07) is 9.60. The third kappa shape index (κ3) is 4.74. The highest BCUT2D eigenvalue weighted by molar-refractivity contribution is 5.99. The van der Waals surface area contributed by atoms with Gasteiger partial charge in [-0.3, -0.25) is 24.6 Å². The predicted octanol–water partition coefficient (Wildman–Crippen LogP) is 1.66. The van der Waals surface area contributed by atoms with Crippen LogP contribution in [0, 0.1) is 5.92 Å². The molecule has 0 aliphatic carbocycles. The molecule has 4 heterocycles. The van der Waals surface area contributed by atoms with Crippen LogP contribution < -0.4 is 5.32 Å². The van der Waals surface area contributed by atoms with Crippen LogP contribution in [0.3, 0.4) is 0 Å². The number of pyridine rings is 1. The van der Waals surface area contributed by atoms with Gasteiger partial charge >= 0.3 is 0 Å². The zero-order valence-electron chi connectivity index (χ0n) is 18.8. The van der Waals surface area contributed by atoms with E-state index in [0.29, 0.717) is 13.1 Å². The summed E-state index contributed by atoms with van der Waals surface area (Å²) in [5.74, 6) is 0.0427. The van der Waals surface area contributed by atoms with E-state index in [1.54, 1.807) is 12.4 Å². The molecule has 5 rings (SSSR count). The number of likely N-dealkylation sites (N-methyl/N-ethyl adjacent to an activating group) is 1. The monoisotopic (exact) mass is 447 g/mol. The van der Waals surface area contributed by atoms with E-state index in [1.165, 1.54) is 0 Å². The Balaban J connectivity index is 1.20. The summed E-state index contributed by atoms with van der Waals surface area (Å²) >= 11 is 0. The number of nitrogens with one attached hydrogen (secondary N) is 2. The van der Waals surface area contributed by atoms with Crippen molar-refractivity contribution in [1.29, 1.82) is 0 Å². The normalized spacial score (nSPS) is 19.8. The zero-order valence-corrected chi connectivity index (χ0v) is 18.8. The molecule has 0 spiro atoms. The van der Waals surface area contributed by atoms with Crippen LogP contribution >= 0.6 is 0 Å². The number of aromatic nitrogens is 3. The number of carbonyl (C=O) groups is 2. The first kappa shape index (κ1) is 21.5. The summed E-state index contributed by atoms with van der Waals surface area (Å²) < 4.78 is 0. The second-order valence-electron chi connectivity index (χ2n) is 8.96. The maximum absolute atomic E-state index is 12.9. The van der Waals surface area contributed by atoms with Gasteiger partial charge in [-0.25, -0.2) is 0 Å². The number of rotatable bonds is 5. The first-order valence-corrected chi connectivity index (χ1v) is 11.4. The van der Waals surface area contributed by atoms with E-state index in [1.807, 2.05) is 35.2 Å². The van der Waals surface area contributed by atoms with Gasteiger partial charge in [0.25, 0.3) is 0 Å². The molecule has 2 fully saturated rings. The lowest BCUT2D eigenvalue weighted by atomic mass is 10.1. The van der Waals surface area contributed by atoms with Gasteiger partial charge in [0.15, 0.2) is 0 Å². The third-order valence-electron chi connectivity index (χ3n) is 6.64. The van der Waals surface area contributed by atoms with Crippen molar-refractivity contribution in [2.45, 2.75) is 6.42 Å². The third-order valence-corrected chi connectivity index (χ3v) is 6.64. The van der Waals surface area contributed by atoms with E-state index in [2.05, 4.69) is 37.3 Å². The Labute approximate surface area is 192 Å². The standard InChI is InChI=1S/C24H29N7O2/c1-29-10-12-31(13-11-29)22(32)16-30-9-6-18(15-30)24(33)26-19-2-3-21-20(14-19)23(28-27-21)17-4-7-25-8-5-17/h2-5,7-8,14,18H,6,9-13,15-16H2,1H3,(H,26,33)(H,27,28)/t18-/m1/s1. The Morgan fingerprint density at radius 3 is 2.67 bits per heavy atom. The number of nitrogens with zero attached hydrogens (tertiary/aromatic N) is 5. The van der Waals surface area contributed by atoms with Crippen LogP contribution in [-0.4, -0.2) is 94.6 Å². The largest absolute Gasteiger partial charge is 0.339 e. The maximum Gasteiger partial charge on any atom is 0.236 e. The molecular formula is C24H29N7O2. The summed E-state index contributed by atoms with van der Waals surface area (Å²) in [6.07, 6.45) is 4.24. The van der Waals surface area contributed by atoms with Crippen molar-refractivity contribution in [1.82, 2.24) is 29.9 Å². The average Bonchev–Trinajstić information content (AvgIpc) is 3.47. The van der Waals surface area contributed by atoms with Crippen molar-refractivity contribution in [3.63, 3.8) is 0 Å². The minimum Gasteiger partial charge on any atom is -0.339 e. The lowest BCUT2D eigenvalue weighted by Gasteiger charge is -2.33. The fraction of sp³-hybridized carbons (Fsp3) is 0.417. The molecule has 0 saturated carbocycles. The second kappa shape index (κ2) is 9.29. The molecular weight excluding hydrogens is 418 g/mol. The van der Waals surface area contributed by atoms with Gasteiger partial charge in [0.2, 0.25) is 11.8 Å². The van der Waals surface area contributed by atoms with Crippen LogP contribution in [0.1, 0.15) is 6.42 Å². The van der Waals surface area contributed by atoms with E-state index >= 15 is 0 Å². The van der Waals surface area contributed by atoms with E-state index < -0.39 is 0 Å². The molecule has 3 aromatic rings. The minimum atomic E-state index is -0.120. The number of fused-ring (bicyclic) bond motifs is 1. The Morgan fingerprint density at radius 1 is 1.09 bits per heavy atom. The number of piperazine rings is 1. The Hall–Kier alpha value is -3.30. The van der Waals surface area contributed by atoms with Gasteiger partial charge in [0, 0.05) is 61.8 Å². The summed E-state index contributed by atoms with van der Waals surface area (Å²) in [4.78, 5) is 35.9. The van der Waals surface area contributed by atoms with Crippen molar-refractivity contribution in [3.05, 3.63) is 42.7 Å². The van der Waals surface area contributed by atoms with Crippen LogP contribution in [0.2, 0.25) is 0 Å². The SMILES string of the molecule is CN1CCN(C(=O)CN2CC[C@@H](C(=O)Nc3ccc4[nH]nc(-c5ccncc5)c4c3)C2)CC1. The van der Waals surface area contributed by atoms with E-state index in [0.717, 1.165) is 67.0 Å². The summed E-state index contributed by atoms with van der Waals surface area (Å²) in [7, 11) is 2.08. The highest BCUT2D eigenvalue weighted by Crippen LogP contribution is 2.28. The maximum atomic E-state index is 12.9. The van der Waals surface area contributed by atoms with Crippen LogP contribution in [0.25, 0.3) is 22.2 Å². The van der Waals surface area contributed by atoms with Gasteiger partial charge in [-0.15, -0.1) is 0 Å². The molecule has 0 radical (unpaired) electrons. The fourth-order valence-corrected chi connectivity index (χ4v) is 4.60. The molecule has 2 aliphatic rings. The smallest absolute Gasteiger partial charge is 0.236 e. The molecule has 172 valence electrons. The van der Waals surface area contributed by atoms with Crippen LogP contribution in [0.5, 0.6) is 0 Å². The number of amides is 2. The first-order chi connectivity index (χ1) is 16.1. The summed E-state index contributed by atoms with van der Waals surface area (Å²) in [6.45, 7) is 5.17. The van der Waals surface area contributed by atoms with Gasteiger partial charge in [-0.1, -0.05) is 0 Å². The number of benzene rings is 1. The molecule has 2 amide bonds. The molecule has 2 N–H and O–H groups in total. The second-order valence-corrected chi connectivity index (χ2v) is 8.96.